The molecule has 0 aromatic carbocycles. The number of aliphatic hydroxyl groups is 1. The highest BCUT2D eigenvalue weighted by Crippen LogP contribution is 2.43. The molecule has 11 nitrogen and oxygen atoms in total. The number of hydrogen-bond donors (Lipinski definition) is 4. The standard InChI is InChI=1S/C45H88NO10P/c1-3-5-7-9-11-13-15-17-18-19-20-21-22-23-25-26-28-30-32-34-36-43(48)46-42(45(50)51)40-56-57(52,53)55-39-41(47)38-54-44(49)37-35-33-31-29-27-24-16-14-12-10-8-6-4-2/h41-42,47H,3-40H2,1-2H3,(H,46,48)(H,50,51)(H,52,53). The highest BCUT2D eigenvalue weighted by Gasteiger charge is 2.28. The minimum atomic E-state index is -4.75. The van der Waals surface area contributed by atoms with Gasteiger partial charge in [-0.05, 0) is 12.8 Å². The predicted molar refractivity (Wildman–Crippen MR) is 231 cm³/mol. The van der Waals surface area contributed by atoms with Gasteiger partial charge in [0.2, 0.25) is 5.91 Å². The molecule has 4 N–H and O–H groups in total. The summed E-state index contributed by atoms with van der Waals surface area (Å²) in [5.41, 5.74) is 0. The van der Waals surface area contributed by atoms with Crippen molar-refractivity contribution in [1.29, 1.82) is 0 Å². The summed E-state index contributed by atoms with van der Waals surface area (Å²) in [7, 11) is -4.75. The summed E-state index contributed by atoms with van der Waals surface area (Å²) in [6.07, 6.45) is 39.8. The lowest BCUT2D eigenvalue weighted by Crippen LogP contribution is -2.43. The number of esters is 1. The quantitative estimate of drug-likeness (QED) is 0.0263. The maximum absolute atomic E-state index is 12.3. The van der Waals surface area contributed by atoms with Crippen LogP contribution in [0.2, 0.25) is 0 Å². The van der Waals surface area contributed by atoms with E-state index in [1.165, 1.54) is 161 Å². The molecule has 0 rings (SSSR count). The minimum Gasteiger partial charge on any atom is -0.480 e. The zero-order valence-corrected chi connectivity index (χ0v) is 37.6. The summed E-state index contributed by atoms with van der Waals surface area (Å²) in [5.74, 6) is -2.35. The molecule has 3 unspecified atom stereocenters. The number of hydrogen-bond acceptors (Lipinski definition) is 8. The van der Waals surface area contributed by atoms with E-state index in [1.54, 1.807) is 0 Å². The largest absolute Gasteiger partial charge is 0.480 e. The van der Waals surface area contributed by atoms with Gasteiger partial charge in [0.1, 0.15) is 12.7 Å². The molecule has 12 heteroatoms. The van der Waals surface area contributed by atoms with E-state index in [4.69, 9.17) is 13.8 Å². The molecule has 0 fully saturated rings. The van der Waals surface area contributed by atoms with E-state index < -0.39 is 57.6 Å². The van der Waals surface area contributed by atoms with E-state index in [-0.39, 0.29) is 12.8 Å². The summed E-state index contributed by atoms with van der Waals surface area (Å²) < 4.78 is 26.9. The van der Waals surface area contributed by atoms with Gasteiger partial charge < -0.3 is 25.2 Å². The van der Waals surface area contributed by atoms with Gasteiger partial charge in [-0.15, -0.1) is 0 Å². The average molecular weight is 834 g/mol. The second kappa shape index (κ2) is 41.2. The van der Waals surface area contributed by atoms with E-state index in [1.807, 2.05) is 0 Å². The summed E-state index contributed by atoms with van der Waals surface area (Å²) in [5, 5.41) is 21.9. The Balaban J connectivity index is 3.82. The summed E-state index contributed by atoms with van der Waals surface area (Å²) in [6, 6.07) is -1.54. The van der Waals surface area contributed by atoms with Gasteiger partial charge in [-0.3, -0.25) is 18.6 Å². The second-order valence-corrected chi connectivity index (χ2v) is 17.8. The number of carboxylic acid groups (broad SMARTS) is 1. The topological polar surface area (TPSA) is 169 Å². The van der Waals surface area contributed by atoms with Crippen LogP contribution in [0.3, 0.4) is 0 Å². The number of aliphatic carboxylic acids is 1. The Morgan fingerprint density at radius 3 is 1.16 bits per heavy atom. The van der Waals surface area contributed by atoms with Gasteiger partial charge in [0.05, 0.1) is 13.2 Å². The fourth-order valence-electron chi connectivity index (χ4n) is 6.96. The maximum atomic E-state index is 12.3. The lowest BCUT2D eigenvalue weighted by Gasteiger charge is -2.18. The van der Waals surface area contributed by atoms with Gasteiger partial charge in [-0.2, -0.15) is 0 Å². The number of nitrogens with one attached hydrogen (secondary N) is 1. The van der Waals surface area contributed by atoms with Gasteiger partial charge in [0, 0.05) is 12.8 Å². The van der Waals surface area contributed by atoms with Crippen LogP contribution in [0, 0.1) is 0 Å². The predicted octanol–water partition coefficient (Wildman–Crippen LogP) is 12.3. The number of carboxylic acids is 1. The van der Waals surface area contributed by atoms with Crippen LogP contribution in [0.15, 0.2) is 0 Å². The molecule has 0 spiro atoms. The van der Waals surface area contributed by atoms with Crippen molar-refractivity contribution >= 4 is 25.7 Å². The molecule has 3 atom stereocenters. The van der Waals surface area contributed by atoms with Crippen molar-refractivity contribution in [1.82, 2.24) is 5.32 Å². The molecular weight excluding hydrogens is 745 g/mol. The van der Waals surface area contributed by atoms with Crippen molar-refractivity contribution in [2.45, 2.75) is 251 Å². The van der Waals surface area contributed by atoms with E-state index in [0.29, 0.717) is 12.8 Å². The fraction of sp³-hybridized carbons (Fsp3) is 0.933. The van der Waals surface area contributed by atoms with E-state index >= 15 is 0 Å². The molecule has 0 radical (unpaired) electrons. The van der Waals surface area contributed by atoms with Crippen LogP contribution in [0.25, 0.3) is 0 Å². The van der Waals surface area contributed by atoms with Crippen LogP contribution in [-0.2, 0) is 32.7 Å². The third-order valence-electron chi connectivity index (χ3n) is 10.6. The van der Waals surface area contributed by atoms with Crippen LogP contribution >= 0.6 is 7.82 Å². The van der Waals surface area contributed by atoms with Gasteiger partial charge in [-0.1, -0.05) is 213 Å². The van der Waals surface area contributed by atoms with Gasteiger partial charge in [0.25, 0.3) is 0 Å². The van der Waals surface area contributed by atoms with Crippen molar-refractivity contribution < 1.29 is 47.8 Å². The lowest BCUT2D eigenvalue weighted by atomic mass is 10.0. The summed E-state index contributed by atoms with van der Waals surface area (Å²) in [6.45, 7) is 2.63. The Bertz CT molecular complexity index is 984. The third kappa shape index (κ3) is 41.0. The number of unbranched alkanes of at least 4 members (excludes halogenated alkanes) is 31. The second-order valence-electron chi connectivity index (χ2n) is 16.3. The van der Waals surface area contributed by atoms with Crippen LogP contribution in [-0.4, -0.2) is 64.9 Å². The molecule has 0 heterocycles. The number of phosphoric acid groups is 1. The first-order valence-electron chi connectivity index (χ1n) is 23.6. The number of amides is 1. The zero-order chi connectivity index (χ0) is 42.1. The molecular formula is C45H88NO10P. The lowest BCUT2D eigenvalue weighted by molar-refractivity contribution is -0.147. The first-order chi connectivity index (χ1) is 27.6. The van der Waals surface area contributed by atoms with E-state index in [2.05, 4.69) is 19.2 Å². The SMILES string of the molecule is CCCCCCCCCCCCCCCCCCCCCCC(=O)NC(COP(=O)(O)OCC(O)COC(=O)CCCCCCCCCCCCCCC)C(=O)O. The first kappa shape index (κ1) is 55.5. The van der Waals surface area contributed by atoms with Crippen LogP contribution in [0.4, 0.5) is 0 Å². The Hall–Kier alpha value is -1.52. The minimum absolute atomic E-state index is 0.153. The monoisotopic (exact) mass is 834 g/mol. The van der Waals surface area contributed by atoms with Gasteiger partial charge in [0.15, 0.2) is 6.04 Å². The average Bonchev–Trinajstić information content (AvgIpc) is 3.18. The Labute approximate surface area is 348 Å². The smallest absolute Gasteiger partial charge is 0.472 e. The zero-order valence-electron chi connectivity index (χ0n) is 36.7. The van der Waals surface area contributed by atoms with Gasteiger partial charge >= 0.3 is 19.8 Å². The highest BCUT2D eigenvalue weighted by molar-refractivity contribution is 7.47. The van der Waals surface area contributed by atoms with Crippen LogP contribution < -0.4 is 5.32 Å². The molecule has 0 aromatic heterocycles. The van der Waals surface area contributed by atoms with Crippen LogP contribution in [0.5, 0.6) is 0 Å². The van der Waals surface area contributed by atoms with Crippen molar-refractivity contribution in [3.8, 4) is 0 Å². The summed E-state index contributed by atoms with van der Waals surface area (Å²) in [4.78, 5) is 46.0. The Kier molecular flexibility index (Phi) is 40.1. The van der Waals surface area contributed by atoms with Crippen LogP contribution in [0.1, 0.15) is 239 Å². The summed E-state index contributed by atoms with van der Waals surface area (Å²) >= 11 is 0. The number of carbonyl (C=O) groups excluding carboxylic acids is 2. The van der Waals surface area contributed by atoms with Crippen molar-refractivity contribution in [3.63, 3.8) is 0 Å². The number of carbonyl (C=O) groups is 3. The number of rotatable bonds is 45. The number of ether oxygens (including phenoxy) is 1. The third-order valence-corrected chi connectivity index (χ3v) is 11.6. The Morgan fingerprint density at radius 2 is 0.807 bits per heavy atom. The number of phosphoric ester groups is 1. The maximum Gasteiger partial charge on any atom is 0.472 e. The number of aliphatic hydroxyl groups excluding tert-OH is 1. The molecule has 0 bridgehead atoms. The van der Waals surface area contributed by atoms with Crippen molar-refractivity contribution in [2.75, 3.05) is 19.8 Å². The molecule has 0 aliphatic carbocycles. The van der Waals surface area contributed by atoms with Crippen molar-refractivity contribution in [3.05, 3.63) is 0 Å². The first-order valence-corrected chi connectivity index (χ1v) is 25.1. The van der Waals surface area contributed by atoms with Crippen molar-refractivity contribution in [2.24, 2.45) is 0 Å². The molecule has 0 aliphatic heterocycles. The Morgan fingerprint density at radius 1 is 0.491 bits per heavy atom. The molecule has 0 aliphatic rings. The van der Waals surface area contributed by atoms with E-state index in [0.717, 1.165) is 38.5 Å². The molecule has 0 aromatic rings. The molecule has 1 amide bonds. The molecule has 0 saturated heterocycles. The molecule has 0 saturated carbocycles. The molecule has 57 heavy (non-hydrogen) atoms. The normalized spacial score (nSPS) is 13.6. The van der Waals surface area contributed by atoms with Gasteiger partial charge in [-0.25, -0.2) is 9.36 Å². The van der Waals surface area contributed by atoms with E-state index in [9.17, 15) is 34.1 Å². The highest BCUT2D eigenvalue weighted by atomic mass is 31.2. The molecule has 338 valence electrons. The fourth-order valence-corrected chi connectivity index (χ4v) is 7.74.